The Morgan fingerprint density at radius 3 is 2.62 bits per heavy atom. The predicted molar refractivity (Wildman–Crippen MR) is 73.2 cm³/mol. The van der Waals surface area contributed by atoms with Gasteiger partial charge < -0.3 is 10.1 Å². The zero-order chi connectivity index (χ0) is 17.9. The van der Waals surface area contributed by atoms with Crippen molar-refractivity contribution < 1.29 is 31.5 Å². The van der Waals surface area contributed by atoms with Crippen LogP contribution in [0.3, 0.4) is 0 Å². The molecule has 0 fully saturated rings. The Bertz CT molecular complexity index is 762. The van der Waals surface area contributed by atoms with Crippen molar-refractivity contribution >= 4 is 5.91 Å². The molecule has 2 rings (SSSR count). The summed E-state index contributed by atoms with van der Waals surface area (Å²) < 4.78 is 66.9. The molecule has 1 amide bonds. The van der Waals surface area contributed by atoms with Crippen molar-refractivity contribution in [2.24, 2.45) is 0 Å². The number of alkyl halides is 3. The molecule has 0 unspecified atom stereocenters. The fourth-order valence-electron chi connectivity index (χ4n) is 1.90. The number of ether oxygens (including phenoxy) is 1. The summed E-state index contributed by atoms with van der Waals surface area (Å²) in [6.07, 6.45) is -3.76. The zero-order valence-electron chi connectivity index (χ0n) is 12.2. The summed E-state index contributed by atoms with van der Waals surface area (Å²) in [7, 11) is 0. The van der Waals surface area contributed by atoms with Crippen molar-refractivity contribution in [3.05, 3.63) is 58.9 Å². The van der Waals surface area contributed by atoms with Gasteiger partial charge in [-0.1, -0.05) is 0 Å². The van der Waals surface area contributed by atoms with Crippen molar-refractivity contribution in [2.45, 2.75) is 19.8 Å². The van der Waals surface area contributed by atoms with Crippen LogP contribution in [-0.4, -0.2) is 17.3 Å². The van der Waals surface area contributed by atoms with Crippen LogP contribution in [0.5, 0.6) is 5.75 Å². The fraction of sp³-hybridized carbons (Fsp3) is 0.200. The quantitative estimate of drug-likeness (QED) is 0.681. The van der Waals surface area contributed by atoms with Gasteiger partial charge in [-0.15, -0.1) is 13.2 Å². The molecule has 0 spiro atoms. The van der Waals surface area contributed by atoms with E-state index in [2.05, 4.69) is 15.0 Å². The number of aromatic nitrogens is 1. The number of rotatable bonds is 4. The molecule has 2 aromatic rings. The van der Waals surface area contributed by atoms with E-state index in [4.69, 9.17) is 0 Å². The first-order valence-electron chi connectivity index (χ1n) is 6.60. The Kier molecular flexibility index (Phi) is 5.01. The number of hydrogen-bond donors (Lipinski definition) is 1. The Morgan fingerprint density at radius 1 is 1.25 bits per heavy atom. The Hall–Kier alpha value is -2.71. The minimum Gasteiger partial charge on any atom is -0.406 e. The molecular formula is C15H11F5N2O2. The lowest BCUT2D eigenvalue weighted by Crippen LogP contribution is -2.24. The summed E-state index contributed by atoms with van der Waals surface area (Å²) in [4.78, 5) is 15.3. The Labute approximate surface area is 133 Å². The molecule has 9 heteroatoms. The molecule has 4 nitrogen and oxygen atoms in total. The van der Waals surface area contributed by atoms with Gasteiger partial charge in [-0.3, -0.25) is 4.79 Å². The number of pyridine rings is 1. The van der Waals surface area contributed by atoms with Crippen molar-refractivity contribution in [3.63, 3.8) is 0 Å². The van der Waals surface area contributed by atoms with Gasteiger partial charge in [0.05, 0.1) is 0 Å². The molecule has 0 aliphatic carbocycles. The molecule has 0 bridgehead atoms. The Morgan fingerprint density at radius 2 is 1.96 bits per heavy atom. The Balaban J connectivity index is 2.12. The average molecular weight is 346 g/mol. The number of benzene rings is 1. The van der Waals surface area contributed by atoms with E-state index in [1.807, 2.05) is 0 Å². The third-order valence-electron chi connectivity index (χ3n) is 3.00. The highest BCUT2D eigenvalue weighted by Gasteiger charge is 2.31. The van der Waals surface area contributed by atoms with Crippen LogP contribution in [-0.2, 0) is 6.54 Å². The zero-order valence-corrected chi connectivity index (χ0v) is 12.2. The van der Waals surface area contributed by atoms with Crippen molar-refractivity contribution in [2.75, 3.05) is 0 Å². The summed E-state index contributed by atoms with van der Waals surface area (Å²) in [6, 6.07) is 3.34. The van der Waals surface area contributed by atoms with Gasteiger partial charge in [-0.05, 0) is 30.7 Å². The van der Waals surface area contributed by atoms with Crippen LogP contribution in [0, 0.1) is 18.7 Å². The summed E-state index contributed by atoms with van der Waals surface area (Å²) in [5.41, 5.74) is 0.173. The van der Waals surface area contributed by atoms with Crippen LogP contribution in [0.1, 0.15) is 21.5 Å². The highest BCUT2D eigenvalue weighted by molar-refractivity contribution is 5.95. The molecule has 0 saturated carbocycles. The molecule has 1 N–H and O–H groups in total. The van der Waals surface area contributed by atoms with Crippen LogP contribution in [0.15, 0.2) is 30.5 Å². The molecule has 24 heavy (non-hydrogen) atoms. The first-order chi connectivity index (χ1) is 11.2. The van der Waals surface area contributed by atoms with E-state index < -0.39 is 36.3 Å². The number of halogens is 5. The fourth-order valence-corrected chi connectivity index (χ4v) is 1.90. The molecule has 0 radical (unpaired) electrons. The monoisotopic (exact) mass is 346 g/mol. The van der Waals surface area contributed by atoms with Crippen LogP contribution in [0.4, 0.5) is 22.0 Å². The highest BCUT2D eigenvalue weighted by Crippen LogP contribution is 2.24. The molecule has 0 aliphatic heterocycles. The van der Waals surface area contributed by atoms with Gasteiger partial charge in [0.2, 0.25) is 5.95 Å². The number of carbonyl (C=O) groups excluding carboxylic acids is 1. The van der Waals surface area contributed by atoms with Crippen LogP contribution in [0.25, 0.3) is 0 Å². The summed E-state index contributed by atoms with van der Waals surface area (Å²) >= 11 is 0. The topological polar surface area (TPSA) is 51.2 Å². The van der Waals surface area contributed by atoms with Crippen LogP contribution < -0.4 is 10.1 Å². The van der Waals surface area contributed by atoms with Gasteiger partial charge in [0.25, 0.3) is 5.91 Å². The van der Waals surface area contributed by atoms with Gasteiger partial charge in [0, 0.05) is 29.9 Å². The second-order valence-electron chi connectivity index (χ2n) is 4.81. The van der Waals surface area contributed by atoms with E-state index in [1.165, 1.54) is 6.92 Å². The SMILES string of the molecule is Cc1cnc(F)cc1C(=O)NCc1cc(OC(F)(F)F)ccc1F. The maximum atomic E-state index is 13.6. The van der Waals surface area contributed by atoms with E-state index in [0.29, 0.717) is 5.56 Å². The largest absolute Gasteiger partial charge is 0.573 e. The van der Waals surface area contributed by atoms with Crippen molar-refractivity contribution in [1.82, 2.24) is 10.3 Å². The maximum Gasteiger partial charge on any atom is 0.573 e. The minimum atomic E-state index is -4.91. The number of aryl methyl sites for hydroxylation is 1. The molecule has 128 valence electrons. The first-order valence-corrected chi connectivity index (χ1v) is 6.60. The molecule has 1 aromatic heterocycles. The van der Waals surface area contributed by atoms with E-state index in [1.54, 1.807) is 0 Å². The van der Waals surface area contributed by atoms with Gasteiger partial charge in [-0.25, -0.2) is 9.37 Å². The summed E-state index contributed by atoms with van der Waals surface area (Å²) in [5.74, 6) is -3.01. The van der Waals surface area contributed by atoms with E-state index in [-0.39, 0.29) is 11.1 Å². The molecular weight excluding hydrogens is 335 g/mol. The van der Waals surface area contributed by atoms with Gasteiger partial charge >= 0.3 is 6.36 Å². The number of carbonyl (C=O) groups is 1. The van der Waals surface area contributed by atoms with Crippen LogP contribution >= 0.6 is 0 Å². The third-order valence-corrected chi connectivity index (χ3v) is 3.00. The minimum absolute atomic E-state index is 0.00870. The molecule has 1 aromatic carbocycles. The van der Waals surface area contributed by atoms with Gasteiger partial charge in [0.1, 0.15) is 11.6 Å². The summed E-state index contributed by atoms with van der Waals surface area (Å²) in [5, 5.41) is 2.30. The number of amides is 1. The lowest BCUT2D eigenvalue weighted by atomic mass is 10.1. The van der Waals surface area contributed by atoms with E-state index in [9.17, 15) is 26.7 Å². The molecule has 1 heterocycles. The van der Waals surface area contributed by atoms with Crippen molar-refractivity contribution in [3.8, 4) is 5.75 Å². The van der Waals surface area contributed by atoms with Crippen LogP contribution in [0.2, 0.25) is 0 Å². The number of hydrogen-bond acceptors (Lipinski definition) is 3. The van der Waals surface area contributed by atoms with Gasteiger partial charge in [-0.2, -0.15) is 4.39 Å². The molecule has 0 atom stereocenters. The van der Waals surface area contributed by atoms with E-state index in [0.717, 1.165) is 30.5 Å². The van der Waals surface area contributed by atoms with Crippen molar-refractivity contribution in [1.29, 1.82) is 0 Å². The standard InChI is InChI=1S/C15H11F5N2O2/c1-8-6-21-13(17)5-11(8)14(23)22-7-9-4-10(2-3-12(9)16)24-15(18,19)20/h2-6H,7H2,1H3,(H,22,23). The maximum absolute atomic E-state index is 13.6. The lowest BCUT2D eigenvalue weighted by molar-refractivity contribution is -0.274. The van der Waals surface area contributed by atoms with Gasteiger partial charge in [0.15, 0.2) is 0 Å². The highest BCUT2D eigenvalue weighted by atomic mass is 19.4. The van der Waals surface area contributed by atoms with E-state index >= 15 is 0 Å². The molecule has 0 saturated heterocycles. The average Bonchev–Trinajstić information content (AvgIpc) is 2.48. The lowest BCUT2D eigenvalue weighted by Gasteiger charge is -2.12. The normalized spacial score (nSPS) is 11.2. The predicted octanol–water partition coefficient (Wildman–Crippen LogP) is 3.50. The number of nitrogens with one attached hydrogen (secondary N) is 1. The second kappa shape index (κ2) is 6.81. The second-order valence-corrected chi connectivity index (χ2v) is 4.81. The third kappa shape index (κ3) is 4.64. The first kappa shape index (κ1) is 17.6. The summed E-state index contributed by atoms with van der Waals surface area (Å²) in [6.45, 7) is 1.13. The smallest absolute Gasteiger partial charge is 0.406 e. The number of nitrogens with zero attached hydrogens (tertiary/aromatic N) is 1. The molecule has 0 aliphatic rings.